The van der Waals surface area contributed by atoms with Gasteiger partial charge in [-0.15, -0.1) is 12.4 Å². The third-order valence-electron chi connectivity index (χ3n) is 3.34. The van der Waals surface area contributed by atoms with Crippen molar-refractivity contribution in [3.05, 3.63) is 0 Å². The van der Waals surface area contributed by atoms with Crippen molar-refractivity contribution in [2.24, 2.45) is 11.7 Å². The van der Waals surface area contributed by atoms with Gasteiger partial charge in [0.25, 0.3) is 0 Å². The quantitative estimate of drug-likeness (QED) is 0.147. The van der Waals surface area contributed by atoms with E-state index in [0.29, 0.717) is 44.9 Å². The van der Waals surface area contributed by atoms with E-state index in [0.717, 1.165) is 0 Å². The van der Waals surface area contributed by atoms with Crippen LogP contribution in [-0.2, 0) is 14.4 Å². The van der Waals surface area contributed by atoms with Crippen molar-refractivity contribution >= 4 is 36.5 Å². The van der Waals surface area contributed by atoms with E-state index < -0.39 is 12.1 Å². The van der Waals surface area contributed by atoms with Crippen molar-refractivity contribution in [1.82, 2.24) is 16.0 Å². The van der Waals surface area contributed by atoms with Crippen LogP contribution in [0.15, 0.2) is 0 Å². The first-order valence-corrected chi connectivity index (χ1v) is 8.43. The van der Waals surface area contributed by atoms with Gasteiger partial charge in [-0.05, 0) is 31.6 Å². The minimum absolute atomic E-state index is 0. The molecule has 0 heterocycles. The number of halogens is 1. The van der Waals surface area contributed by atoms with Gasteiger partial charge in [0.1, 0.15) is 12.3 Å². The molecule has 6 N–H and O–H groups in total. The molecule has 0 saturated heterocycles. The maximum Gasteiger partial charge on any atom is 0.243 e. The Labute approximate surface area is 156 Å². The number of hydrogen-bond donors (Lipinski definition) is 5. The van der Waals surface area contributed by atoms with Crippen molar-refractivity contribution in [2.45, 2.75) is 65.0 Å². The van der Waals surface area contributed by atoms with Crippen molar-refractivity contribution < 1.29 is 14.4 Å². The van der Waals surface area contributed by atoms with Crippen LogP contribution in [0.1, 0.15) is 52.9 Å². The molecular formula is C16H32ClN5O3. The zero-order valence-electron chi connectivity index (χ0n) is 15.3. The van der Waals surface area contributed by atoms with Crippen LogP contribution in [0.4, 0.5) is 0 Å². The lowest BCUT2D eigenvalue weighted by Gasteiger charge is -2.22. The Morgan fingerprint density at radius 1 is 1.24 bits per heavy atom. The molecule has 0 radical (unpaired) electrons. The summed E-state index contributed by atoms with van der Waals surface area (Å²) >= 11 is 0. The van der Waals surface area contributed by atoms with Crippen molar-refractivity contribution in [3.8, 4) is 0 Å². The molecule has 0 bridgehead atoms. The highest BCUT2D eigenvalue weighted by molar-refractivity contribution is 5.89. The van der Waals surface area contributed by atoms with Crippen LogP contribution in [0.3, 0.4) is 0 Å². The Morgan fingerprint density at radius 2 is 1.88 bits per heavy atom. The smallest absolute Gasteiger partial charge is 0.243 e. The predicted molar refractivity (Wildman–Crippen MR) is 101 cm³/mol. The second kappa shape index (κ2) is 14.5. The molecule has 146 valence electrons. The Bertz CT molecular complexity index is 432. The number of nitrogens with one attached hydrogen (secondary N) is 4. The summed E-state index contributed by atoms with van der Waals surface area (Å²) in [6.07, 6.45) is 3.30. The van der Waals surface area contributed by atoms with Gasteiger partial charge in [0.05, 0.1) is 6.04 Å². The maximum atomic E-state index is 12.4. The molecule has 2 amide bonds. The van der Waals surface area contributed by atoms with Crippen LogP contribution < -0.4 is 21.7 Å². The number of guanidine groups is 1. The minimum Gasteiger partial charge on any atom is -0.370 e. The summed E-state index contributed by atoms with van der Waals surface area (Å²) in [5.41, 5.74) is 5.17. The van der Waals surface area contributed by atoms with Gasteiger partial charge >= 0.3 is 0 Å². The van der Waals surface area contributed by atoms with E-state index in [2.05, 4.69) is 16.0 Å². The Kier molecular flexibility index (Phi) is 14.7. The second-order valence-electron chi connectivity index (χ2n) is 6.23. The molecule has 0 aromatic carbocycles. The monoisotopic (exact) mass is 377 g/mol. The van der Waals surface area contributed by atoms with Gasteiger partial charge in [-0.2, -0.15) is 0 Å². The number of amides is 2. The van der Waals surface area contributed by atoms with Gasteiger partial charge < -0.3 is 26.5 Å². The highest BCUT2D eigenvalue weighted by Crippen LogP contribution is 2.07. The molecule has 0 unspecified atom stereocenters. The van der Waals surface area contributed by atoms with Gasteiger partial charge in [0, 0.05) is 13.0 Å². The second-order valence-corrected chi connectivity index (χ2v) is 6.23. The Morgan fingerprint density at radius 3 is 2.36 bits per heavy atom. The van der Waals surface area contributed by atoms with Crippen molar-refractivity contribution in [3.63, 3.8) is 0 Å². The minimum atomic E-state index is -0.637. The number of aldehydes is 1. The van der Waals surface area contributed by atoms with E-state index in [9.17, 15) is 14.4 Å². The third kappa shape index (κ3) is 13.2. The zero-order valence-corrected chi connectivity index (χ0v) is 16.1. The summed E-state index contributed by atoms with van der Waals surface area (Å²) in [6, 6.07) is -1.26. The van der Waals surface area contributed by atoms with E-state index in [1.807, 2.05) is 20.8 Å². The highest BCUT2D eigenvalue weighted by Gasteiger charge is 2.23. The van der Waals surface area contributed by atoms with Crippen LogP contribution in [0, 0.1) is 11.3 Å². The predicted octanol–water partition coefficient (Wildman–Crippen LogP) is 0.686. The number of nitrogens with two attached hydrogens (primary N) is 1. The first kappa shape index (κ1) is 25.4. The molecule has 9 heteroatoms. The number of carbonyl (C=O) groups excluding carboxylic acids is 3. The standard InChI is InChI=1S/C16H31N5O3.ClH/c1-4-6-14(23)21-13(9-11(2)3)15(24)20-12(10-22)7-5-8-19-16(17)18;/h10-13H,4-9H2,1-3H3,(H,20,24)(H,21,23)(H4,17,18,19);1H/t12-,13-;/m0./s1. The van der Waals surface area contributed by atoms with E-state index in [-0.39, 0.29) is 36.1 Å². The van der Waals surface area contributed by atoms with Gasteiger partial charge in [-0.3, -0.25) is 15.0 Å². The van der Waals surface area contributed by atoms with Gasteiger partial charge in [-0.25, -0.2) is 0 Å². The van der Waals surface area contributed by atoms with Crippen LogP contribution in [0.2, 0.25) is 0 Å². The first-order valence-electron chi connectivity index (χ1n) is 8.43. The van der Waals surface area contributed by atoms with E-state index in [1.54, 1.807) is 0 Å². The Hall–Kier alpha value is -1.83. The van der Waals surface area contributed by atoms with Crippen LogP contribution in [0.25, 0.3) is 0 Å². The summed E-state index contributed by atoms with van der Waals surface area (Å²) in [7, 11) is 0. The summed E-state index contributed by atoms with van der Waals surface area (Å²) < 4.78 is 0. The lowest BCUT2D eigenvalue weighted by Crippen LogP contribution is -2.50. The fourth-order valence-corrected chi connectivity index (χ4v) is 2.20. The fraction of sp³-hybridized carbons (Fsp3) is 0.750. The molecular weight excluding hydrogens is 346 g/mol. The number of hydrogen-bond acceptors (Lipinski definition) is 4. The van der Waals surface area contributed by atoms with E-state index >= 15 is 0 Å². The van der Waals surface area contributed by atoms with E-state index in [4.69, 9.17) is 11.1 Å². The molecule has 25 heavy (non-hydrogen) atoms. The molecule has 0 aromatic heterocycles. The lowest BCUT2D eigenvalue weighted by molar-refractivity contribution is -0.130. The van der Waals surface area contributed by atoms with Gasteiger partial charge in [-0.1, -0.05) is 20.8 Å². The SMILES string of the molecule is CCCC(=O)N[C@@H](CC(C)C)C(=O)N[C@H](C=O)CCCNC(=N)N.Cl. The average Bonchev–Trinajstić information content (AvgIpc) is 2.48. The third-order valence-corrected chi connectivity index (χ3v) is 3.34. The molecule has 0 aliphatic heterocycles. The van der Waals surface area contributed by atoms with Gasteiger partial charge in [0.2, 0.25) is 11.8 Å². The molecule has 0 saturated carbocycles. The number of rotatable bonds is 12. The molecule has 0 spiro atoms. The summed E-state index contributed by atoms with van der Waals surface area (Å²) in [4.78, 5) is 35.3. The highest BCUT2D eigenvalue weighted by atomic mass is 35.5. The molecule has 0 aliphatic carbocycles. The van der Waals surface area contributed by atoms with Crippen molar-refractivity contribution in [2.75, 3.05) is 6.54 Å². The maximum absolute atomic E-state index is 12.4. The number of carbonyl (C=O) groups is 3. The first-order chi connectivity index (χ1) is 11.3. The summed E-state index contributed by atoms with van der Waals surface area (Å²) in [5.74, 6) is -0.397. The summed E-state index contributed by atoms with van der Waals surface area (Å²) in [6.45, 7) is 6.29. The lowest BCUT2D eigenvalue weighted by atomic mass is 10.0. The van der Waals surface area contributed by atoms with Crippen LogP contribution in [-0.4, -0.2) is 42.7 Å². The zero-order chi connectivity index (χ0) is 18.5. The largest absolute Gasteiger partial charge is 0.370 e. The normalized spacial score (nSPS) is 12.5. The summed E-state index contributed by atoms with van der Waals surface area (Å²) in [5, 5.41) is 15.1. The molecule has 2 atom stereocenters. The Balaban J connectivity index is 0. The van der Waals surface area contributed by atoms with Crippen LogP contribution >= 0.6 is 12.4 Å². The molecule has 0 aliphatic rings. The van der Waals surface area contributed by atoms with Gasteiger partial charge in [0.15, 0.2) is 5.96 Å². The fourth-order valence-electron chi connectivity index (χ4n) is 2.20. The molecule has 0 aromatic rings. The topological polar surface area (TPSA) is 137 Å². The van der Waals surface area contributed by atoms with Crippen LogP contribution in [0.5, 0.6) is 0 Å². The molecule has 0 rings (SSSR count). The molecule has 0 fully saturated rings. The molecule has 8 nitrogen and oxygen atoms in total. The van der Waals surface area contributed by atoms with E-state index in [1.165, 1.54) is 0 Å². The van der Waals surface area contributed by atoms with Crippen molar-refractivity contribution in [1.29, 1.82) is 5.41 Å². The average molecular weight is 378 g/mol.